The van der Waals surface area contributed by atoms with E-state index >= 15 is 0 Å². The summed E-state index contributed by atoms with van der Waals surface area (Å²) in [6.07, 6.45) is -3.62. The van der Waals surface area contributed by atoms with Crippen molar-refractivity contribution in [3.05, 3.63) is 59.7 Å². The van der Waals surface area contributed by atoms with E-state index in [1.807, 2.05) is 24.3 Å². The number of para-hydroxylation sites is 1. The number of alkyl halides is 3. The van der Waals surface area contributed by atoms with E-state index in [1.54, 1.807) is 4.90 Å². The molecule has 0 atom stereocenters. The zero-order chi connectivity index (χ0) is 24.5. The molecule has 1 fully saturated rings. The molecule has 0 N–H and O–H groups in total. The van der Waals surface area contributed by atoms with Gasteiger partial charge in [0, 0.05) is 25.3 Å². The van der Waals surface area contributed by atoms with Gasteiger partial charge in [-0.1, -0.05) is 24.3 Å². The van der Waals surface area contributed by atoms with E-state index in [4.69, 9.17) is 4.74 Å². The number of anilines is 1. The Morgan fingerprint density at radius 1 is 1.00 bits per heavy atom. The second-order valence-corrected chi connectivity index (χ2v) is 10.2. The molecule has 0 saturated carbocycles. The molecule has 2 aromatic rings. The number of esters is 1. The first kappa shape index (κ1) is 24.2. The third-order valence-corrected chi connectivity index (χ3v) is 8.01. The van der Waals surface area contributed by atoms with E-state index in [0.717, 1.165) is 40.2 Å². The second kappa shape index (κ2) is 9.38. The number of halogens is 3. The lowest BCUT2D eigenvalue weighted by Crippen LogP contribution is -2.41. The van der Waals surface area contributed by atoms with Gasteiger partial charge in [-0.3, -0.25) is 9.59 Å². The number of hydrogen-bond acceptors (Lipinski definition) is 5. The first-order chi connectivity index (χ1) is 16.1. The van der Waals surface area contributed by atoms with E-state index in [2.05, 4.69) is 0 Å². The third kappa shape index (κ3) is 4.95. The SMILES string of the molecule is O=C(OCC(=O)N1CCc2ccccc21)C1CCN(S(=O)(=O)c2cccc(C(F)(F)F)c2)CC1. The fourth-order valence-electron chi connectivity index (χ4n) is 4.24. The van der Waals surface area contributed by atoms with Crippen LogP contribution >= 0.6 is 0 Å². The molecule has 4 rings (SSSR count). The molecule has 7 nitrogen and oxygen atoms in total. The van der Waals surface area contributed by atoms with Gasteiger partial charge in [0.1, 0.15) is 0 Å². The maximum atomic E-state index is 13.0. The molecule has 0 bridgehead atoms. The molecule has 11 heteroatoms. The zero-order valence-electron chi connectivity index (χ0n) is 18.1. The van der Waals surface area contributed by atoms with Crippen LogP contribution in [0.4, 0.5) is 18.9 Å². The van der Waals surface area contributed by atoms with Crippen LogP contribution in [-0.2, 0) is 36.9 Å². The molecule has 34 heavy (non-hydrogen) atoms. The number of amides is 1. The van der Waals surface area contributed by atoms with Crippen LogP contribution in [0.25, 0.3) is 0 Å². The van der Waals surface area contributed by atoms with Crippen molar-refractivity contribution in [2.45, 2.75) is 30.3 Å². The highest BCUT2D eigenvalue weighted by Gasteiger charge is 2.36. The van der Waals surface area contributed by atoms with Crippen molar-refractivity contribution in [1.29, 1.82) is 0 Å². The predicted octanol–water partition coefficient (Wildman–Crippen LogP) is 3.24. The summed E-state index contributed by atoms with van der Waals surface area (Å²) in [5.41, 5.74) is 0.811. The van der Waals surface area contributed by atoms with Gasteiger partial charge in [0.05, 0.1) is 16.4 Å². The van der Waals surface area contributed by atoms with Crippen molar-refractivity contribution in [3.8, 4) is 0 Å². The lowest BCUT2D eigenvalue weighted by atomic mass is 9.98. The van der Waals surface area contributed by atoms with Gasteiger partial charge in [0.25, 0.3) is 5.91 Å². The van der Waals surface area contributed by atoms with Gasteiger partial charge in [-0.25, -0.2) is 8.42 Å². The summed E-state index contributed by atoms with van der Waals surface area (Å²) in [6.45, 7) is 0.0367. The van der Waals surface area contributed by atoms with Crippen molar-refractivity contribution in [3.63, 3.8) is 0 Å². The van der Waals surface area contributed by atoms with Crippen molar-refractivity contribution >= 4 is 27.6 Å². The Morgan fingerprint density at radius 3 is 2.41 bits per heavy atom. The van der Waals surface area contributed by atoms with Crippen molar-refractivity contribution in [2.24, 2.45) is 5.92 Å². The normalized spacial score (nSPS) is 17.4. The van der Waals surface area contributed by atoms with Crippen LogP contribution in [0.1, 0.15) is 24.0 Å². The molecule has 0 aliphatic carbocycles. The molecule has 2 heterocycles. The molecule has 0 radical (unpaired) electrons. The average Bonchev–Trinajstić information content (AvgIpc) is 3.26. The standard InChI is InChI=1S/C23H23F3N2O5S/c24-23(25,26)18-5-3-6-19(14-18)34(31,32)27-11-8-17(9-12-27)22(30)33-15-21(29)28-13-10-16-4-1-2-7-20(16)28/h1-7,14,17H,8-13,15H2. The number of nitrogens with zero attached hydrogens (tertiary/aromatic N) is 2. The molecule has 0 aromatic heterocycles. The number of carbonyl (C=O) groups excluding carboxylic acids is 2. The van der Waals surface area contributed by atoms with E-state index in [0.29, 0.717) is 12.6 Å². The monoisotopic (exact) mass is 496 g/mol. The lowest BCUT2D eigenvalue weighted by Gasteiger charge is -2.30. The van der Waals surface area contributed by atoms with E-state index in [9.17, 15) is 31.2 Å². The molecule has 0 unspecified atom stereocenters. The Morgan fingerprint density at radius 2 is 1.71 bits per heavy atom. The quantitative estimate of drug-likeness (QED) is 0.594. The molecule has 0 spiro atoms. The van der Waals surface area contributed by atoms with Gasteiger partial charge in [0.15, 0.2) is 6.61 Å². The van der Waals surface area contributed by atoms with Crippen LogP contribution in [0.5, 0.6) is 0 Å². The minimum absolute atomic E-state index is 0.0359. The Labute approximate surface area is 195 Å². The number of piperidine rings is 1. The molecular weight excluding hydrogens is 473 g/mol. The Hall–Kier alpha value is -2.92. The van der Waals surface area contributed by atoms with Crippen molar-refractivity contribution in [1.82, 2.24) is 4.31 Å². The van der Waals surface area contributed by atoms with Crippen molar-refractivity contribution in [2.75, 3.05) is 31.1 Å². The Balaban J connectivity index is 1.31. The summed E-state index contributed by atoms with van der Waals surface area (Å²) < 4.78 is 70.7. The summed E-state index contributed by atoms with van der Waals surface area (Å²) in [6, 6.07) is 11.1. The largest absolute Gasteiger partial charge is 0.455 e. The number of rotatable bonds is 5. The predicted molar refractivity (Wildman–Crippen MR) is 116 cm³/mol. The zero-order valence-corrected chi connectivity index (χ0v) is 18.9. The summed E-state index contributed by atoms with van der Waals surface area (Å²) in [5.74, 6) is -1.51. The highest BCUT2D eigenvalue weighted by molar-refractivity contribution is 7.89. The minimum Gasteiger partial charge on any atom is -0.455 e. The number of fused-ring (bicyclic) bond motifs is 1. The Kier molecular flexibility index (Phi) is 6.68. The van der Waals surface area contributed by atoms with Crippen molar-refractivity contribution < 1.29 is 35.9 Å². The molecule has 2 aromatic carbocycles. The number of carbonyl (C=O) groups is 2. The third-order valence-electron chi connectivity index (χ3n) is 6.11. The van der Waals surface area contributed by atoms with Crippen LogP contribution in [0.15, 0.2) is 53.4 Å². The highest BCUT2D eigenvalue weighted by Crippen LogP contribution is 2.32. The molecule has 1 amide bonds. The smallest absolute Gasteiger partial charge is 0.416 e. The van der Waals surface area contributed by atoms with Crippen LogP contribution in [0.3, 0.4) is 0 Å². The van der Waals surface area contributed by atoms with E-state index in [1.165, 1.54) is 0 Å². The van der Waals surface area contributed by atoms with Gasteiger partial charge in [-0.15, -0.1) is 0 Å². The molecule has 2 aliphatic rings. The van der Waals surface area contributed by atoms with Crippen LogP contribution in [-0.4, -0.2) is 50.8 Å². The summed E-state index contributed by atoms with van der Waals surface area (Å²) >= 11 is 0. The van der Waals surface area contributed by atoms with Gasteiger partial charge in [0.2, 0.25) is 10.0 Å². The number of ether oxygens (including phenoxy) is 1. The first-order valence-corrected chi connectivity index (χ1v) is 12.2. The molecule has 2 aliphatic heterocycles. The fraction of sp³-hybridized carbons (Fsp3) is 0.391. The van der Waals surface area contributed by atoms with E-state index < -0.39 is 45.2 Å². The summed E-state index contributed by atoms with van der Waals surface area (Å²) in [4.78, 5) is 26.1. The van der Waals surface area contributed by atoms with E-state index in [-0.39, 0.29) is 31.8 Å². The number of benzene rings is 2. The second-order valence-electron chi connectivity index (χ2n) is 8.24. The highest BCUT2D eigenvalue weighted by atomic mass is 32.2. The van der Waals surface area contributed by atoms with Gasteiger partial charge in [-0.2, -0.15) is 17.5 Å². The lowest BCUT2D eigenvalue weighted by molar-refractivity contribution is -0.153. The topological polar surface area (TPSA) is 84.0 Å². The van der Waals surface area contributed by atoms with Gasteiger partial charge < -0.3 is 9.64 Å². The van der Waals surface area contributed by atoms with Crippen LogP contribution in [0.2, 0.25) is 0 Å². The van der Waals surface area contributed by atoms with Gasteiger partial charge >= 0.3 is 12.1 Å². The first-order valence-electron chi connectivity index (χ1n) is 10.8. The minimum atomic E-state index is -4.66. The molecular formula is C23H23F3N2O5S. The van der Waals surface area contributed by atoms with Gasteiger partial charge in [-0.05, 0) is 49.1 Å². The Bertz CT molecular complexity index is 1190. The molecule has 182 valence electrons. The fourth-order valence-corrected chi connectivity index (χ4v) is 5.76. The maximum Gasteiger partial charge on any atom is 0.416 e. The summed E-state index contributed by atoms with van der Waals surface area (Å²) in [5, 5.41) is 0. The van der Waals surface area contributed by atoms with Crippen LogP contribution < -0.4 is 4.90 Å². The average molecular weight is 497 g/mol. The molecule has 1 saturated heterocycles. The number of hydrogen-bond donors (Lipinski definition) is 0. The maximum absolute atomic E-state index is 13.0. The summed E-state index contributed by atoms with van der Waals surface area (Å²) in [7, 11) is -4.14. The van der Waals surface area contributed by atoms with Crippen LogP contribution in [0, 0.1) is 5.92 Å². The number of sulfonamides is 1.